The van der Waals surface area contributed by atoms with Crippen LogP contribution in [-0.2, 0) is 10.2 Å². The monoisotopic (exact) mass is 378 g/mol. The highest BCUT2D eigenvalue weighted by Crippen LogP contribution is 2.22. The molecule has 0 aliphatic rings. The first kappa shape index (κ1) is 21.4. The fourth-order valence-corrected chi connectivity index (χ4v) is 2.66. The highest BCUT2D eigenvalue weighted by molar-refractivity contribution is 6.05. The molecule has 0 aliphatic carbocycles. The van der Waals surface area contributed by atoms with Gasteiger partial charge in [0, 0.05) is 12.1 Å². The van der Waals surface area contributed by atoms with Gasteiger partial charge in [-0.15, -0.1) is 0 Å². The summed E-state index contributed by atoms with van der Waals surface area (Å²) in [4.78, 5) is 25.3. The van der Waals surface area contributed by atoms with Gasteiger partial charge in [0.15, 0.2) is 0 Å². The molecule has 148 valence electrons. The zero-order valence-corrected chi connectivity index (χ0v) is 17.2. The predicted molar refractivity (Wildman–Crippen MR) is 115 cm³/mol. The van der Waals surface area contributed by atoms with E-state index < -0.39 is 0 Å². The van der Waals surface area contributed by atoms with E-state index in [4.69, 9.17) is 0 Å². The van der Waals surface area contributed by atoms with E-state index in [2.05, 4.69) is 38.3 Å². The molecule has 0 atom stereocenters. The summed E-state index contributed by atoms with van der Waals surface area (Å²) in [6.07, 6.45) is 3.58. The minimum Gasteiger partial charge on any atom is -0.351 e. The standard InChI is InChI=1S/C24H30N2O2/c1-5-6-16-25-23(28)21(17-18-10-8-7-9-11-18)26-22(27)19-12-14-20(15-13-19)24(2,3)4/h7-15,17H,5-6,16H2,1-4H3,(H,25,28)(H,26,27)/b21-17-. The Kier molecular flexibility index (Phi) is 7.56. The summed E-state index contributed by atoms with van der Waals surface area (Å²) in [5.74, 6) is -0.578. The van der Waals surface area contributed by atoms with Crippen LogP contribution < -0.4 is 10.6 Å². The summed E-state index contributed by atoms with van der Waals surface area (Å²) in [5, 5.41) is 5.64. The second-order valence-corrected chi connectivity index (χ2v) is 7.86. The summed E-state index contributed by atoms with van der Waals surface area (Å²) < 4.78 is 0. The SMILES string of the molecule is CCCCNC(=O)/C(=C/c1ccccc1)NC(=O)c1ccc(C(C)(C)C)cc1. The summed E-state index contributed by atoms with van der Waals surface area (Å²) in [7, 11) is 0. The third-order valence-corrected chi connectivity index (χ3v) is 4.43. The first-order valence-corrected chi connectivity index (χ1v) is 9.78. The molecule has 2 N–H and O–H groups in total. The van der Waals surface area contributed by atoms with Crippen LogP contribution in [0.4, 0.5) is 0 Å². The number of amides is 2. The van der Waals surface area contributed by atoms with Crippen LogP contribution in [0.1, 0.15) is 62.0 Å². The molecule has 0 aromatic heterocycles. The molecule has 0 radical (unpaired) electrons. The molecule has 28 heavy (non-hydrogen) atoms. The van der Waals surface area contributed by atoms with Crippen LogP contribution in [0.2, 0.25) is 0 Å². The maximum atomic E-state index is 12.7. The van der Waals surface area contributed by atoms with Gasteiger partial charge in [0.25, 0.3) is 11.8 Å². The van der Waals surface area contributed by atoms with Crippen molar-refractivity contribution in [2.24, 2.45) is 0 Å². The molecular formula is C24H30N2O2. The normalized spacial score (nSPS) is 11.8. The molecule has 4 heteroatoms. The number of hydrogen-bond acceptors (Lipinski definition) is 2. The van der Waals surface area contributed by atoms with Gasteiger partial charge in [-0.3, -0.25) is 9.59 Å². The lowest BCUT2D eigenvalue weighted by atomic mass is 9.87. The molecule has 0 saturated heterocycles. The van der Waals surface area contributed by atoms with Crippen LogP contribution in [0, 0.1) is 0 Å². The first-order valence-electron chi connectivity index (χ1n) is 9.78. The minimum atomic E-state index is -0.298. The van der Waals surface area contributed by atoms with Crippen molar-refractivity contribution < 1.29 is 9.59 Å². The summed E-state index contributed by atoms with van der Waals surface area (Å²) in [6, 6.07) is 17.0. The topological polar surface area (TPSA) is 58.2 Å². The van der Waals surface area contributed by atoms with Gasteiger partial charge >= 0.3 is 0 Å². The Morgan fingerprint density at radius 2 is 1.61 bits per heavy atom. The van der Waals surface area contributed by atoms with Crippen LogP contribution in [0.3, 0.4) is 0 Å². The van der Waals surface area contributed by atoms with E-state index in [0.717, 1.165) is 24.0 Å². The highest BCUT2D eigenvalue weighted by atomic mass is 16.2. The van der Waals surface area contributed by atoms with Crippen molar-refractivity contribution in [2.75, 3.05) is 6.54 Å². The Bertz CT molecular complexity index is 816. The Labute approximate surface area is 168 Å². The van der Waals surface area contributed by atoms with Gasteiger partial charge in [0.05, 0.1) is 0 Å². The summed E-state index contributed by atoms with van der Waals surface area (Å²) in [6.45, 7) is 9.03. The second kappa shape index (κ2) is 9.88. The van der Waals surface area contributed by atoms with Crippen molar-refractivity contribution in [2.45, 2.75) is 46.0 Å². The van der Waals surface area contributed by atoms with Crippen molar-refractivity contribution in [1.29, 1.82) is 0 Å². The molecule has 0 spiro atoms. The zero-order valence-electron chi connectivity index (χ0n) is 17.2. The molecule has 2 amide bonds. The number of benzene rings is 2. The number of unbranched alkanes of at least 4 members (excludes halogenated alkanes) is 1. The molecule has 0 fully saturated rings. The molecule has 0 unspecified atom stereocenters. The first-order chi connectivity index (χ1) is 13.3. The van der Waals surface area contributed by atoms with Crippen LogP contribution in [0.25, 0.3) is 6.08 Å². The molecule has 0 aliphatic heterocycles. The number of nitrogens with one attached hydrogen (secondary N) is 2. The van der Waals surface area contributed by atoms with E-state index in [1.54, 1.807) is 18.2 Å². The van der Waals surface area contributed by atoms with Crippen LogP contribution in [0.15, 0.2) is 60.3 Å². The predicted octanol–water partition coefficient (Wildman–Crippen LogP) is 4.67. The molecule has 4 nitrogen and oxygen atoms in total. The van der Waals surface area contributed by atoms with Crippen molar-refractivity contribution in [3.63, 3.8) is 0 Å². The van der Waals surface area contributed by atoms with Gasteiger partial charge in [0.1, 0.15) is 5.70 Å². The maximum absolute atomic E-state index is 12.7. The van der Waals surface area contributed by atoms with Crippen molar-refractivity contribution >= 4 is 17.9 Å². The number of carbonyl (C=O) groups excluding carboxylic acids is 2. The van der Waals surface area contributed by atoms with Crippen molar-refractivity contribution in [3.05, 3.63) is 77.0 Å². The molecule has 2 rings (SSSR count). The third-order valence-electron chi connectivity index (χ3n) is 4.43. The lowest BCUT2D eigenvalue weighted by Crippen LogP contribution is -2.35. The average molecular weight is 379 g/mol. The van der Waals surface area contributed by atoms with Gasteiger partial charge in [-0.25, -0.2) is 0 Å². The second-order valence-electron chi connectivity index (χ2n) is 7.86. The van der Waals surface area contributed by atoms with E-state index in [1.165, 1.54) is 0 Å². The molecule has 0 heterocycles. The van der Waals surface area contributed by atoms with Crippen molar-refractivity contribution in [3.8, 4) is 0 Å². The van der Waals surface area contributed by atoms with E-state index in [9.17, 15) is 9.59 Å². The largest absolute Gasteiger partial charge is 0.351 e. The van der Waals surface area contributed by atoms with Crippen LogP contribution in [0.5, 0.6) is 0 Å². The van der Waals surface area contributed by atoms with Gasteiger partial charge in [-0.1, -0.05) is 76.6 Å². The van der Waals surface area contributed by atoms with Crippen molar-refractivity contribution in [1.82, 2.24) is 10.6 Å². The number of rotatable bonds is 7. The van der Waals surface area contributed by atoms with Gasteiger partial charge in [-0.2, -0.15) is 0 Å². The average Bonchev–Trinajstić information content (AvgIpc) is 2.67. The van der Waals surface area contributed by atoms with Crippen LogP contribution >= 0.6 is 0 Å². The van der Waals surface area contributed by atoms with Crippen LogP contribution in [-0.4, -0.2) is 18.4 Å². The smallest absolute Gasteiger partial charge is 0.267 e. The lowest BCUT2D eigenvalue weighted by Gasteiger charge is -2.19. The van der Waals surface area contributed by atoms with Gasteiger partial charge in [-0.05, 0) is 41.2 Å². The summed E-state index contributed by atoms with van der Waals surface area (Å²) in [5.41, 5.74) is 2.79. The Hall–Kier alpha value is -2.88. The maximum Gasteiger partial charge on any atom is 0.267 e. The zero-order chi connectivity index (χ0) is 20.6. The number of carbonyl (C=O) groups is 2. The quantitative estimate of drug-likeness (QED) is 0.543. The Morgan fingerprint density at radius 1 is 0.964 bits per heavy atom. The lowest BCUT2D eigenvalue weighted by molar-refractivity contribution is -0.117. The van der Waals surface area contributed by atoms with E-state index >= 15 is 0 Å². The third kappa shape index (κ3) is 6.38. The molecule has 2 aromatic rings. The Morgan fingerprint density at radius 3 is 2.18 bits per heavy atom. The molecule has 0 bridgehead atoms. The fraction of sp³-hybridized carbons (Fsp3) is 0.333. The molecular weight excluding hydrogens is 348 g/mol. The Balaban J connectivity index is 2.20. The van der Waals surface area contributed by atoms with E-state index in [0.29, 0.717) is 12.1 Å². The van der Waals surface area contributed by atoms with E-state index in [-0.39, 0.29) is 22.9 Å². The fourth-order valence-electron chi connectivity index (χ4n) is 2.66. The number of hydrogen-bond donors (Lipinski definition) is 2. The van der Waals surface area contributed by atoms with E-state index in [1.807, 2.05) is 42.5 Å². The molecule has 0 saturated carbocycles. The van der Waals surface area contributed by atoms with Gasteiger partial charge < -0.3 is 10.6 Å². The minimum absolute atomic E-state index is 0.0204. The highest BCUT2D eigenvalue weighted by Gasteiger charge is 2.17. The van der Waals surface area contributed by atoms with Gasteiger partial charge in [0.2, 0.25) is 0 Å². The summed E-state index contributed by atoms with van der Waals surface area (Å²) >= 11 is 0. The molecule has 2 aromatic carbocycles.